The van der Waals surface area contributed by atoms with Gasteiger partial charge in [-0.25, -0.2) is 0 Å². The molecule has 7 nitrogen and oxygen atoms in total. The number of methoxy groups -OCH3 is 2. The highest BCUT2D eigenvalue weighted by molar-refractivity contribution is 5.75. The van der Waals surface area contributed by atoms with E-state index in [1.165, 1.54) is 12.7 Å². The highest BCUT2D eigenvalue weighted by atomic mass is 16.5. The number of nitrogens with one attached hydrogen (secondary N) is 1. The van der Waals surface area contributed by atoms with E-state index in [2.05, 4.69) is 29.1 Å². The second-order valence-electron chi connectivity index (χ2n) is 8.51. The summed E-state index contributed by atoms with van der Waals surface area (Å²) in [5.74, 6) is 1.90. The van der Waals surface area contributed by atoms with Crippen molar-refractivity contribution in [2.45, 2.75) is 83.5 Å². The molecule has 0 bridgehead atoms. The van der Waals surface area contributed by atoms with Gasteiger partial charge in [-0.05, 0) is 55.7 Å². The molecule has 0 aliphatic carbocycles. The molecule has 0 unspecified atom stereocenters. The van der Waals surface area contributed by atoms with Crippen LogP contribution in [0.25, 0.3) is 0 Å². The molecule has 0 saturated carbocycles. The molecule has 0 aliphatic rings. The molecule has 34 heavy (non-hydrogen) atoms. The molecule has 1 atom stereocenters. The van der Waals surface area contributed by atoms with Crippen molar-refractivity contribution in [2.24, 2.45) is 0 Å². The molecule has 0 heterocycles. The quantitative estimate of drug-likeness (QED) is 0.199. The van der Waals surface area contributed by atoms with Crippen LogP contribution in [0.2, 0.25) is 0 Å². The van der Waals surface area contributed by atoms with Gasteiger partial charge in [0.1, 0.15) is 0 Å². The van der Waals surface area contributed by atoms with Crippen LogP contribution in [0, 0.1) is 0 Å². The first-order valence-corrected chi connectivity index (χ1v) is 12.7. The van der Waals surface area contributed by atoms with Gasteiger partial charge in [-0.3, -0.25) is 9.59 Å². The summed E-state index contributed by atoms with van der Waals surface area (Å²) >= 11 is 0. The summed E-state index contributed by atoms with van der Waals surface area (Å²) in [7, 11) is 4.78. The molecule has 0 spiro atoms. The Hall–Kier alpha value is -2.28. The zero-order chi connectivity index (χ0) is 25.0. The Balaban J connectivity index is 2.64. The first-order valence-electron chi connectivity index (χ1n) is 12.7. The normalized spacial score (nSPS) is 11.6. The second kappa shape index (κ2) is 19.1. The van der Waals surface area contributed by atoms with Gasteiger partial charge in [0.2, 0.25) is 5.91 Å². The average molecular weight is 480 g/mol. The fraction of sp³-hybridized carbons (Fsp3) is 0.704. The van der Waals surface area contributed by atoms with Crippen LogP contribution in [-0.2, 0) is 19.1 Å². The molecule has 1 aromatic carbocycles. The fourth-order valence-corrected chi connectivity index (χ4v) is 3.81. The Bertz CT molecular complexity index is 694. The SMILES string of the molecule is CC[C@H](CCCCCCC(=O)NC)c1ccc(OCCCCC(=O)OC)c(OCCCOC)c1. The number of unbranched alkanes of at least 4 members (excludes halogenated alkanes) is 4. The second-order valence-corrected chi connectivity index (χ2v) is 8.51. The van der Waals surface area contributed by atoms with E-state index in [4.69, 9.17) is 14.2 Å². The van der Waals surface area contributed by atoms with Crippen LogP contribution in [0.15, 0.2) is 18.2 Å². The minimum Gasteiger partial charge on any atom is -0.490 e. The molecular formula is C27H45NO6. The molecular weight excluding hydrogens is 434 g/mol. The smallest absolute Gasteiger partial charge is 0.305 e. The van der Waals surface area contributed by atoms with Gasteiger partial charge in [0.25, 0.3) is 0 Å². The summed E-state index contributed by atoms with van der Waals surface area (Å²) in [6.45, 7) is 3.97. The standard InChI is InChI=1S/C27H45NO6/c1-5-22(13-8-6-7-9-14-26(29)28-2)23-16-17-24(25(21-23)34-20-12-18-31-3)33-19-11-10-15-27(30)32-4/h16-17,21-22H,5-15,18-20H2,1-4H3,(H,28,29)/t22-/m1/s1. The van der Waals surface area contributed by atoms with Gasteiger partial charge in [0.05, 0.1) is 20.3 Å². The Morgan fingerprint density at radius 3 is 2.26 bits per heavy atom. The van der Waals surface area contributed by atoms with Crippen LogP contribution in [0.5, 0.6) is 11.5 Å². The summed E-state index contributed by atoms with van der Waals surface area (Å²) in [5, 5.41) is 2.68. The lowest BCUT2D eigenvalue weighted by atomic mass is 9.90. The maximum Gasteiger partial charge on any atom is 0.305 e. The lowest BCUT2D eigenvalue weighted by molar-refractivity contribution is -0.140. The van der Waals surface area contributed by atoms with E-state index in [0.717, 1.165) is 69.3 Å². The van der Waals surface area contributed by atoms with Gasteiger partial charge < -0.3 is 24.3 Å². The van der Waals surface area contributed by atoms with Crippen LogP contribution in [-0.4, -0.2) is 53.0 Å². The molecule has 0 radical (unpaired) electrons. The van der Waals surface area contributed by atoms with Crippen molar-refractivity contribution in [3.63, 3.8) is 0 Å². The molecule has 1 N–H and O–H groups in total. The third-order valence-electron chi connectivity index (χ3n) is 5.93. The maximum atomic E-state index is 11.3. The average Bonchev–Trinajstić information content (AvgIpc) is 2.86. The fourth-order valence-electron chi connectivity index (χ4n) is 3.81. The van der Waals surface area contributed by atoms with Gasteiger partial charge in [-0.2, -0.15) is 0 Å². The van der Waals surface area contributed by atoms with Crippen molar-refractivity contribution in [3.8, 4) is 11.5 Å². The molecule has 0 aromatic heterocycles. The van der Waals surface area contributed by atoms with Crippen LogP contribution in [0.3, 0.4) is 0 Å². The summed E-state index contributed by atoms with van der Waals surface area (Å²) in [6.07, 6.45) is 9.84. The van der Waals surface area contributed by atoms with Gasteiger partial charge in [-0.15, -0.1) is 0 Å². The van der Waals surface area contributed by atoms with Gasteiger partial charge in [0.15, 0.2) is 11.5 Å². The highest BCUT2D eigenvalue weighted by Gasteiger charge is 2.14. The third kappa shape index (κ3) is 12.8. The van der Waals surface area contributed by atoms with Crippen molar-refractivity contribution in [3.05, 3.63) is 23.8 Å². The summed E-state index contributed by atoms with van der Waals surface area (Å²) < 4.78 is 21.9. The third-order valence-corrected chi connectivity index (χ3v) is 5.93. The number of carbonyl (C=O) groups excluding carboxylic acids is 2. The van der Waals surface area contributed by atoms with Gasteiger partial charge >= 0.3 is 5.97 Å². The van der Waals surface area contributed by atoms with Crippen LogP contribution in [0.4, 0.5) is 0 Å². The van der Waals surface area contributed by atoms with Crippen molar-refractivity contribution in [1.29, 1.82) is 0 Å². The zero-order valence-electron chi connectivity index (χ0n) is 21.7. The molecule has 0 fully saturated rings. The number of carbonyl (C=O) groups is 2. The van der Waals surface area contributed by atoms with E-state index >= 15 is 0 Å². The highest BCUT2D eigenvalue weighted by Crippen LogP contribution is 2.34. The molecule has 7 heteroatoms. The van der Waals surface area contributed by atoms with E-state index < -0.39 is 0 Å². The number of hydrogen-bond donors (Lipinski definition) is 1. The number of esters is 1. The Morgan fingerprint density at radius 2 is 1.56 bits per heavy atom. The number of rotatable bonds is 20. The summed E-state index contributed by atoms with van der Waals surface area (Å²) in [6, 6.07) is 6.27. The van der Waals surface area contributed by atoms with E-state index in [1.807, 2.05) is 6.07 Å². The van der Waals surface area contributed by atoms with E-state index in [-0.39, 0.29) is 11.9 Å². The predicted octanol–water partition coefficient (Wildman–Crippen LogP) is 5.40. The monoisotopic (exact) mass is 479 g/mol. The van der Waals surface area contributed by atoms with Crippen molar-refractivity contribution >= 4 is 11.9 Å². The lowest BCUT2D eigenvalue weighted by Crippen LogP contribution is -2.16. The largest absolute Gasteiger partial charge is 0.490 e. The first-order chi connectivity index (χ1) is 16.5. The topological polar surface area (TPSA) is 83.1 Å². The Labute approximate surface area is 205 Å². The number of ether oxygens (including phenoxy) is 4. The summed E-state index contributed by atoms with van der Waals surface area (Å²) in [5.41, 5.74) is 1.27. The molecule has 0 aliphatic heterocycles. The lowest BCUT2D eigenvalue weighted by Gasteiger charge is -2.19. The number of amides is 1. The maximum absolute atomic E-state index is 11.3. The minimum absolute atomic E-state index is 0.121. The number of benzene rings is 1. The van der Waals surface area contributed by atoms with Crippen molar-refractivity contribution < 1.29 is 28.5 Å². The van der Waals surface area contributed by atoms with Crippen molar-refractivity contribution in [2.75, 3.05) is 41.1 Å². The molecule has 1 rings (SSSR count). The molecule has 0 saturated heterocycles. The minimum atomic E-state index is -0.191. The molecule has 1 aromatic rings. The summed E-state index contributed by atoms with van der Waals surface area (Å²) in [4.78, 5) is 22.6. The Kier molecular flexibility index (Phi) is 16.7. The number of hydrogen-bond acceptors (Lipinski definition) is 6. The van der Waals surface area contributed by atoms with E-state index in [0.29, 0.717) is 38.6 Å². The van der Waals surface area contributed by atoms with E-state index in [1.54, 1.807) is 14.2 Å². The van der Waals surface area contributed by atoms with Gasteiger partial charge in [-0.1, -0.05) is 32.3 Å². The van der Waals surface area contributed by atoms with Crippen LogP contribution < -0.4 is 14.8 Å². The molecule has 194 valence electrons. The molecule has 1 amide bonds. The van der Waals surface area contributed by atoms with Crippen LogP contribution in [0.1, 0.15) is 89.0 Å². The Morgan fingerprint density at radius 1 is 0.853 bits per heavy atom. The van der Waals surface area contributed by atoms with Crippen LogP contribution >= 0.6 is 0 Å². The zero-order valence-corrected chi connectivity index (χ0v) is 21.7. The van der Waals surface area contributed by atoms with Gasteiger partial charge in [0, 0.05) is 40.0 Å². The van der Waals surface area contributed by atoms with E-state index in [9.17, 15) is 9.59 Å². The van der Waals surface area contributed by atoms with Crippen molar-refractivity contribution in [1.82, 2.24) is 5.32 Å². The first kappa shape index (κ1) is 29.8. The predicted molar refractivity (Wildman–Crippen MR) is 135 cm³/mol.